The van der Waals surface area contributed by atoms with Crippen molar-refractivity contribution in [2.75, 3.05) is 19.8 Å². The summed E-state index contributed by atoms with van der Waals surface area (Å²) in [5.74, 6) is 1.14. The van der Waals surface area contributed by atoms with Crippen LogP contribution in [0.1, 0.15) is 12.0 Å². The van der Waals surface area contributed by atoms with Crippen molar-refractivity contribution < 1.29 is 9.84 Å². The van der Waals surface area contributed by atoms with Crippen molar-refractivity contribution in [3.63, 3.8) is 0 Å². The van der Waals surface area contributed by atoms with Gasteiger partial charge in [0.1, 0.15) is 12.4 Å². The molecule has 1 aliphatic heterocycles. The summed E-state index contributed by atoms with van der Waals surface area (Å²) in [6.07, 6.45) is 7.79. The average molecular weight is 246 g/mol. The second kappa shape index (κ2) is 5.08. The van der Waals surface area contributed by atoms with Crippen molar-refractivity contribution >= 4 is 0 Å². The number of nitrogens with zero attached hydrogens (tertiary/aromatic N) is 1. The molecule has 0 saturated carbocycles. The first-order chi connectivity index (χ1) is 8.85. The van der Waals surface area contributed by atoms with Crippen LogP contribution in [0, 0.1) is 5.92 Å². The quantitative estimate of drug-likeness (QED) is 0.733. The molecule has 0 bridgehead atoms. The van der Waals surface area contributed by atoms with E-state index in [1.165, 1.54) is 12.0 Å². The summed E-state index contributed by atoms with van der Waals surface area (Å²) in [4.78, 5) is 4.20. The molecule has 0 amide bonds. The molecule has 2 N–H and O–H groups in total. The van der Waals surface area contributed by atoms with Gasteiger partial charge in [-0.05, 0) is 31.0 Å². The third-order valence-electron chi connectivity index (χ3n) is 3.53. The zero-order chi connectivity index (χ0) is 12.4. The summed E-state index contributed by atoms with van der Waals surface area (Å²) in [7, 11) is 0. The first-order valence-electron chi connectivity index (χ1n) is 6.46. The maximum Gasteiger partial charge on any atom is 0.137 e. The predicted octanol–water partition coefficient (Wildman–Crippen LogP) is 0.913. The van der Waals surface area contributed by atoms with Gasteiger partial charge in [0.15, 0.2) is 0 Å². The molecule has 2 atom stereocenters. The number of rotatable bonds is 6. The molecule has 0 unspecified atom stereocenters. The highest BCUT2D eigenvalue weighted by molar-refractivity contribution is 5.36. The third-order valence-corrected chi connectivity index (χ3v) is 3.53. The molecule has 0 aromatic carbocycles. The van der Waals surface area contributed by atoms with Gasteiger partial charge in [-0.3, -0.25) is 4.98 Å². The Balaban J connectivity index is 1.53. The molecule has 1 aromatic rings. The molecule has 1 aliphatic carbocycles. The van der Waals surface area contributed by atoms with Gasteiger partial charge in [-0.15, -0.1) is 0 Å². The van der Waals surface area contributed by atoms with Gasteiger partial charge >= 0.3 is 0 Å². The highest BCUT2D eigenvalue weighted by Gasteiger charge is 2.23. The molecular formula is C14H18N2O2. The van der Waals surface area contributed by atoms with Gasteiger partial charge in [0, 0.05) is 18.2 Å². The van der Waals surface area contributed by atoms with E-state index in [9.17, 15) is 0 Å². The van der Waals surface area contributed by atoms with Gasteiger partial charge in [-0.2, -0.15) is 0 Å². The van der Waals surface area contributed by atoms with E-state index in [1.54, 1.807) is 6.20 Å². The number of hydrogen-bond acceptors (Lipinski definition) is 4. The maximum absolute atomic E-state index is 8.99. The number of hydrogen-bond donors (Lipinski definition) is 2. The molecule has 4 nitrogen and oxygen atoms in total. The van der Waals surface area contributed by atoms with Gasteiger partial charge in [0.2, 0.25) is 0 Å². The van der Waals surface area contributed by atoms with E-state index in [0.717, 1.165) is 24.3 Å². The van der Waals surface area contributed by atoms with Crippen LogP contribution in [0.2, 0.25) is 0 Å². The predicted molar refractivity (Wildman–Crippen MR) is 68.5 cm³/mol. The average Bonchev–Trinajstić information content (AvgIpc) is 3.06. The standard InChI is InChI=1S/C14H18N2O2/c17-8-12-5-11(12)3-10-4-14(7-15-6-10)18-9-13-1-2-16-13/h4-7,12-13,16-17H,1-3,8-9H2/t12-,13-/m0/s1. The fourth-order valence-electron chi connectivity index (χ4n) is 2.13. The summed E-state index contributed by atoms with van der Waals surface area (Å²) in [6, 6.07) is 2.54. The van der Waals surface area contributed by atoms with Gasteiger partial charge in [-0.25, -0.2) is 0 Å². The van der Waals surface area contributed by atoms with Crippen LogP contribution in [-0.4, -0.2) is 35.9 Å². The van der Waals surface area contributed by atoms with Crippen LogP contribution in [0.3, 0.4) is 0 Å². The molecule has 4 heteroatoms. The number of nitrogens with one attached hydrogen (secondary N) is 1. The lowest BCUT2D eigenvalue weighted by Crippen LogP contribution is -2.46. The van der Waals surface area contributed by atoms with Crippen molar-refractivity contribution in [1.29, 1.82) is 0 Å². The molecule has 1 aromatic heterocycles. The topological polar surface area (TPSA) is 54.4 Å². The van der Waals surface area contributed by atoms with Crippen LogP contribution in [0.15, 0.2) is 30.1 Å². The minimum Gasteiger partial charge on any atom is -0.490 e. The SMILES string of the molecule is OC[C@@H]1C=C1Cc1cncc(OC[C@@H]2CCN2)c1. The van der Waals surface area contributed by atoms with Crippen LogP contribution in [0.4, 0.5) is 0 Å². The second-order valence-corrected chi connectivity index (χ2v) is 4.99. The Kier molecular flexibility index (Phi) is 3.30. The Labute approximate surface area is 107 Å². The molecule has 3 rings (SSSR count). The number of aliphatic hydroxyl groups is 1. The molecule has 18 heavy (non-hydrogen) atoms. The van der Waals surface area contributed by atoms with Crippen molar-refractivity contribution in [1.82, 2.24) is 10.3 Å². The first-order valence-corrected chi connectivity index (χ1v) is 6.46. The molecular weight excluding hydrogens is 228 g/mol. The van der Waals surface area contributed by atoms with E-state index in [2.05, 4.69) is 16.4 Å². The monoisotopic (exact) mass is 246 g/mol. The van der Waals surface area contributed by atoms with Crippen molar-refractivity contribution in [3.8, 4) is 5.75 Å². The Morgan fingerprint density at radius 3 is 3.00 bits per heavy atom. The normalized spacial score (nSPS) is 25.3. The minimum atomic E-state index is 0.228. The summed E-state index contributed by atoms with van der Waals surface area (Å²) >= 11 is 0. The molecule has 1 fully saturated rings. The lowest BCUT2D eigenvalue weighted by molar-refractivity contribution is 0.217. The largest absolute Gasteiger partial charge is 0.490 e. The van der Waals surface area contributed by atoms with Crippen LogP contribution >= 0.6 is 0 Å². The van der Waals surface area contributed by atoms with E-state index in [4.69, 9.17) is 9.84 Å². The first kappa shape index (κ1) is 11.7. The van der Waals surface area contributed by atoms with E-state index in [-0.39, 0.29) is 6.61 Å². The zero-order valence-corrected chi connectivity index (χ0v) is 10.3. The van der Waals surface area contributed by atoms with Gasteiger partial charge in [0.25, 0.3) is 0 Å². The van der Waals surface area contributed by atoms with E-state index < -0.39 is 0 Å². The zero-order valence-electron chi connectivity index (χ0n) is 10.3. The van der Waals surface area contributed by atoms with Crippen molar-refractivity contribution in [3.05, 3.63) is 35.7 Å². The van der Waals surface area contributed by atoms with E-state index >= 15 is 0 Å². The highest BCUT2D eigenvalue weighted by Crippen LogP contribution is 2.31. The van der Waals surface area contributed by atoms with E-state index in [1.807, 2.05) is 12.3 Å². The van der Waals surface area contributed by atoms with Crippen LogP contribution in [-0.2, 0) is 6.42 Å². The molecule has 0 spiro atoms. The Morgan fingerprint density at radius 2 is 2.33 bits per heavy atom. The third kappa shape index (κ3) is 2.71. The number of aromatic nitrogens is 1. The fourth-order valence-corrected chi connectivity index (χ4v) is 2.13. The lowest BCUT2D eigenvalue weighted by Gasteiger charge is -2.27. The minimum absolute atomic E-state index is 0.228. The Bertz CT molecular complexity index is 455. The molecule has 2 heterocycles. The lowest BCUT2D eigenvalue weighted by atomic mass is 10.1. The number of ether oxygens (including phenoxy) is 1. The number of pyridine rings is 1. The van der Waals surface area contributed by atoms with Gasteiger partial charge in [0.05, 0.1) is 12.8 Å². The van der Waals surface area contributed by atoms with E-state index in [0.29, 0.717) is 18.6 Å². The Hall–Kier alpha value is -1.39. The summed E-state index contributed by atoms with van der Waals surface area (Å²) in [5.41, 5.74) is 2.45. The molecule has 96 valence electrons. The molecule has 1 saturated heterocycles. The van der Waals surface area contributed by atoms with Gasteiger partial charge < -0.3 is 15.2 Å². The van der Waals surface area contributed by atoms with Crippen molar-refractivity contribution in [2.24, 2.45) is 5.92 Å². The Morgan fingerprint density at radius 1 is 1.44 bits per heavy atom. The summed E-state index contributed by atoms with van der Waals surface area (Å²) in [5, 5.41) is 12.3. The maximum atomic E-state index is 8.99. The van der Waals surface area contributed by atoms with Crippen LogP contribution in [0.5, 0.6) is 5.75 Å². The summed E-state index contributed by atoms with van der Waals surface area (Å²) in [6.45, 7) is 2.04. The second-order valence-electron chi connectivity index (χ2n) is 4.99. The smallest absolute Gasteiger partial charge is 0.137 e. The number of aliphatic hydroxyl groups excluding tert-OH is 1. The van der Waals surface area contributed by atoms with Crippen molar-refractivity contribution in [2.45, 2.75) is 18.9 Å². The highest BCUT2D eigenvalue weighted by atomic mass is 16.5. The fraction of sp³-hybridized carbons (Fsp3) is 0.500. The van der Waals surface area contributed by atoms with Crippen LogP contribution < -0.4 is 10.1 Å². The molecule has 0 radical (unpaired) electrons. The molecule has 2 aliphatic rings. The summed E-state index contributed by atoms with van der Waals surface area (Å²) < 4.78 is 5.71. The van der Waals surface area contributed by atoms with Crippen LogP contribution in [0.25, 0.3) is 0 Å². The van der Waals surface area contributed by atoms with Gasteiger partial charge in [-0.1, -0.05) is 11.6 Å².